The average Bonchev–Trinajstić information content (AvgIpc) is 3.12. The Kier molecular flexibility index (Phi) is 5.92. The number of nitrogens with one attached hydrogen (secondary N) is 1. The van der Waals surface area contributed by atoms with E-state index in [-0.39, 0.29) is 17.5 Å². The van der Waals surface area contributed by atoms with Gasteiger partial charge in [-0.05, 0) is 24.3 Å². The van der Waals surface area contributed by atoms with Gasteiger partial charge in [0.15, 0.2) is 10.8 Å². The first-order valence-electron chi connectivity index (χ1n) is 9.01. The van der Waals surface area contributed by atoms with Crippen molar-refractivity contribution in [2.45, 2.75) is 38.0 Å². The number of thiazole rings is 1. The van der Waals surface area contributed by atoms with Crippen LogP contribution in [0, 0.1) is 0 Å². The van der Waals surface area contributed by atoms with Crippen molar-refractivity contribution in [3.8, 4) is 0 Å². The van der Waals surface area contributed by atoms with Crippen molar-refractivity contribution in [3.05, 3.63) is 46.5 Å². The molecule has 1 aromatic carbocycles. The first-order valence-corrected chi connectivity index (χ1v) is 9.83. The standard InChI is InChI=1S/C20H24N2O4S/c1-13(2)16-15(17(23)25-3)21-19(27-16)22-18(24)20(9-11-26-12-10-20)14-7-5-4-6-8-14/h4-8,13H,9-12H2,1-3H3,(H,21,22,24). The number of nitrogens with zero attached hydrogens (tertiary/aromatic N) is 1. The van der Waals surface area contributed by atoms with Gasteiger partial charge in [0, 0.05) is 18.1 Å². The molecule has 0 unspecified atom stereocenters. The Balaban J connectivity index is 1.92. The molecule has 2 heterocycles. The molecule has 0 bridgehead atoms. The van der Waals surface area contributed by atoms with E-state index in [2.05, 4.69) is 10.3 Å². The minimum absolute atomic E-state index is 0.105. The predicted molar refractivity (Wildman–Crippen MR) is 104 cm³/mol. The van der Waals surface area contributed by atoms with Gasteiger partial charge in [-0.15, -0.1) is 11.3 Å². The zero-order valence-electron chi connectivity index (χ0n) is 15.8. The van der Waals surface area contributed by atoms with Crippen LogP contribution in [-0.2, 0) is 19.7 Å². The number of esters is 1. The lowest BCUT2D eigenvalue weighted by molar-refractivity contribution is -0.125. The van der Waals surface area contributed by atoms with Crippen LogP contribution in [0.25, 0.3) is 0 Å². The van der Waals surface area contributed by atoms with Gasteiger partial charge < -0.3 is 14.8 Å². The topological polar surface area (TPSA) is 77.5 Å². The molecular weight excluding hydrogens is 364 g/mol. The molecule has 1 aliphatic rings. The molecular formula is C20H24N2O4S. The molecule has 27 heavy (non-hydrogen) atoms. The fourth-order valence-electron chi connectivity index (χ4n) is 3.36. The second-order valence-electron chi connectivity index (χ2n) is 6.89. The number of carbonyl (C=O) groups excluding carboxylic acids is 2. The van der Waals surface area contributed by atoms with E-state index in [9.17, 15) is 9.59 Å². The summed E-state index contributed by atoms with van der Waals surface area (Å²) < 4.78 is 10.3. The lowest BCUT2D eigenvalue weighted by atomic mass is 9.73. The second-order valence-corrected chi connectivity index (χ2v) is 7.92. The number of anilines is 1. The van der Waals surface area contributed by atoms with Gasteiger partial charge in [-0.25, -0.2) is 9.78 Å². The van der Waals surface area contributed by atoms with Gasteiger partial charge in [-0.2, -0.15) is 0 Å². The van der Waals surface area contributed by atoms with E-state index < -0.39 is 11.4 Å². The number of rotatable bonds is 5. The third kappa shape index (κ3) is 3.89. The molecule has 0 radical (unpaired) electrons. The van der Waals surface area contributed by atoms with Gasteiger partial charge in [0.05, 0.1) is 12.5 Å². The molecule has 1 N–H and O–H groups in total. The highest BCUT2D eigenvalue weighted by atomic mass is 32.1. The molecule has 0 saturated carbocycles. The lowest BCUT2D eigenvalue weighted by Crippen LogP contribution is -2.44. The van der Waals surface area contributed by atoms with Crippen molar-refractivity contribution in [3.63, 3.8) is 0 Å². The van der Waals surface area contributed by atoms with E-state index in [1.165, 1.54) is 18.4 Å². The summed E-state index contributed by atoms with van der Waals surface area (Å²) >= 11 is 1.32. The molecule has 6 nitrogen and oxygen atoms in total. The summed E-state index contributed by atoms with van der Waals surface area (Å²) in [6.07, 6.45) is 1.21. The van der Waals surface area contributed by atoms with E-state index >= 15 is 0 Å². The number of carbonyl (C=O) groups is 2. The summed E-state index contributed by atoms with van der Waals surface area (Å²) in [7, 11) is 1.33. The first-order chi connectivity index (χ1) is 13.0. The third-order valence-electron chi connectivity index (χ3n) is 4.88. The van der Waals surface area contributed by atoms with Crippen molar-refractivity contribution >= 4 is 28.3 Å². The van der Waals surface area contributed by atoms with Crippen LogP contribution in [0.3, 0.4) is 0 Å². The van der Waals surface area contributed by atoms with Crippen LogP contribution in [0.1, 0.15) is 53.5 Å². The maximum atomic E-state index is 13.3. The number of hydrogen-bond acceptors (Lipinski definition) is 6. The molecule has 1 aromatic heterocycles. The fraction of sp³-hybridized carbons (Fsp3) is 0.450. The molecule has 0 spiro atoms. The molecule has 1 aliphatic heterocycles. The molecule has 1 amide bonds. The van der Waals surface area contributed by atoms with Gasteiger partial charge in [0.1, 0.15) is 0 Å². The van der Waals surface area contributed by atoms with E-state index in [0.717, 1.165) is 10.4 Å². The number of amides is 1. The Labute approximate surface area is 162 Å². The smallest absolute Gasteiger partial charge is 0.357 e. The Morgan fingerprint density at radius 2 is 1.89 bits per heavy atom. The SMILES string of the molecule is COC(=O)c1nc(NC(=O)C2(c3ccccc3)CCOCC2)sc1C(C)C. The van der Waals surface area contributed by atoms with Crippen molar-refractivity contribution < 1.29 is 19.1 Å². The molecule has 0 atom stereocenters. The zero-order valence-corrected chi connectivity index (χ0v) is 16.6. The lowest BCUT2D eigenvalue weighted by Gasteiger charge is -2.35. The quantitative estimate of drug-likeness (QED) is 0.790. The Hall–Kier alpha value is -2.25. The molecule has 1 fully saturated rings. The Morgan fingerprint density at radius 1 is 1.22 bits per heavy atom. The maximum Gasteiger partial charge on any atom is 0.357 e. The molecule has 2 aromatic rings. The van der Waals surface area contributed by atoms with Crippen molar-refractivity contribution in [1.82, 2.24) is 4.98 Å². The number of ether oxygens (including phenoxy) is 2. The predicted octanol–water partition coefficient (Wildman–Crippen LogP) is 3.74. The fourth-order valence-corrected chi connectivity index (χ4v) is 4.31. The van der Waals surface area contributed by atoms with Crippen molar-refractivity contribution in [2.75, 3.05) is 25.6 Å². The second kappa shape index (κ2) is 8.19. The highest BCUT2D eigenvalue weighted by Gasteiger charge is 2.42. The van der Waals surface area contributed by atoms with E-state index in [0.29, 0.717) is 31.2 Å². The average molecular weight is 388 g/mol. The van der Waals surface area contributed by atoms with Crippen molar-refractivity contribution in [2.24, 2.45) is 0 Å². The van der Waals surface area contributed by atoms with Crippen LogP contribution in [0.2, 0.25) is 0 Å². The summed E-state index contributed by atoms with van der Waals surface area (Å²) in [6, 6.07) is 9.77. The highest BCUT2D eigenvalue weighted by molar-refractivity contribution is 7.16. The van der Waals surface area contributed by atoms with Crippen molar-refractivity contribution in [1.29, 1.82) is 0 Å². The van der Waals surface area contributed by atoms with Gasteiger partial charge in [-0.1, -0.05) is 44.2 Å². The first kappa shape index (κ1) is 19.5. The summed E-state index contributed by atoms with van der Waals surface area (Å²) in [6.45, 7) is 5.03. The summed E-state index contributed by atoms with van der Waals surface area (Å²) in [5.41, 5.74) is 0.586. The third-order valence-corrected chi connectivity index (χ3v) is 6.16. The minimum atomic E-state index is -0.658. The zero-order chi connectivity index (χ0) is 19.4. The summed E-state index contributed by atoms with van der Waals surface area (Å²) in [4.78, 5) is 30.5. The van der Waals surface area contributed by atoms with Gasteiger partial charge in [0.25, 0.3) is 0 Å². The van der Waals surface area contributed by atoms with Crippen LogP contribution in [0.5, 0.6) is 0 Å². The molecule has 3 rings (SSSR count). The molecule has 7 heteroatoms. The summed E-state index contributed by atoms with van der Waals surface area (Å²) in [5, 5.41) is 3.37. The van der Waals surface area contributed by atoms with Crippen LogP contribution in [0.15, 0.2) is 30.3 Å². The van der Waals surface area contributed by atoms with Crippen LogP contribution >= 0.6 is 11.3 Å². The molecule has 144 valence electrons. The number of aromatic nitrogens is 1. The Morgan fingerprint density at radius 3 is 2.48 bits per heavy atom. The molecule has 1 saturated heterocycles. The monoisotopic (exact) mass is 388 g/mol. The normalized spacial score (nSPS) is 16.1. The van der Waals surface area contributed by atoms with Gasteiger partial charge >= 0.3 is 5.97 Å². The van der Waals surface area contributed by atoms with Crippen LogP contribution < -0.4 is 5.32 Å². The molecule has 0 aliphatic carbocycles. The largest absolute Gasteiger partial charge is 0.464 e. The van der Waals surface area contributed by atoms with E-state index in [4.69, 9.17) is 9.47 Å². The van der Waals surface area contributed by atoms with E-state index in [1.807, 2.05) is 44.2 Å². The Bertz CT molecular complexity index is 811. The van der Waals surface area contributed by atoms with E-state index in [1.54, 1.807) is 0 Å². The van der Waals surface area contributed by atoms with Crippen LogP contribution in [-0.4, -0.2) is 37.2 Å². The number of hydrogen-bond donors (Lipinski definition) is 1. The number of methoxy groups -OCH3 is 1. The minimum Gasteiger partial charge on any atom is -0.464 e. The maximum absolute atomic E-state index is 13.3. The highest BCUT2D eigenvalue weighted by Crippen LogP contribution is 2.37. The number of benzene rings is 1. The van der Waals surface area contributed by atoms with Gasteiger partial charge in [-0.3, -0.25) is 4.79 Å². The summed E-state index contributed by atoms with van der Waals surface area (Å²) in [5.74, 6) is -0.495. The van der Waals surface area contributed by atoms with Gasteiger partial charge in [0.2, 0.25) is 5.91 Å². The van der Waals surface area contributed by atoms with Crippen LogP contribution in [0.4, 0.5) is 5.13 Å².